The van der Waals surface area contributed by atoms with Gasteiger partial charge in [-0.1, -0.05) is 24.3 Å². The van der Waals surface area contributed by atoms with E-state index < -0.39 is 0 Å². The molecule has 0 bridgehead atoms. The van der Waals surface area contributed by atoms with Gasteiger partial charge in [0.2, 0.25) is 0 Å². The third-order valence-corrected chi connectivity index (χ3v) is 5.64. The van der Waals surface area contributed by atoms with Crippen LogP contribution in [0.4, 0.5) is 0 Å². The fraction of sp³-hybridized carbons (Fsp3) is 0.375. The molecule has 6 nitrogen and oxygen atoms in total. The maximum atomic E-state index is 6.30. The molecule has 4 rings (SSSR count). The first-order chi connectivity index (χ1) is 14.7. The van der Waals surface area contributed by atoms with Crippen LogP contribution in [-0.2, 0) is 7.05 Å². The maximum Gasteiger partial charge on any atom is 0.177 e. The van der Waals surface area contributed by atoms with E-state index in [1.54, 1.807) is 7.11 Å². The molecule has 0 saturated carbocycles. The molecular formula is C24H30N4O2. The number of hydrogen-bond acceptors (Lipinski definition) is 5. The number of furan rings is 1. The highest BCUT2D eigenvalue weighted by Crippen LogP contribution is 2.32. The van der Waals surface area contributed by atoms with Crippen molar-refractivity contribution in [2.45, 2.75) is 12.8 Å². The van der Waals surface area contributed by atoms with Crippen molar-refractivity contribution >= 4 is 33.0 Å². The Labute approximate surface area is 176 Å². The summed E-state index contributed by atoms with van der Waals surface area (Å²) < 4.78 is 14.1. The molecule has 0 aliphatic rings. The van der Waals surface area contributed by atoms with Crippen LogP contribution in [0.1, 0.15) is 12.8 Å². The van der Waals surface area contributed by atoms with Crippen LogP contribution >= 0.6 is 0 Å². The zero-order valence-corrected chi connectivity index (χ0v) is 18.0. The van der Waals surface area contributed by atoms with E-state index in [1.165, 1.54) is 0 Å². The van der Waals surface area contributed by atoms with Crippen molar-refractivity contribution in [2.24, 2.45) is 17.8 Å². The lowest BCUT2D eigenvalue weighted by atomic mass is 10.1. The van der Waals surface area contributed by atoms with E-state index in [2.05, 4.69) is 35.7 Å². The molecule has 0 amide bonds. The quantitative estimate of drug-likeness (QED) is 0.454. The highest BCUT2D eigenvalue weighted by atomic mass is 16.5. The molecule has 0 radical (unpaired) electrons. The van der Waals surface area contributed by atoms with Gasteiger partial charge in [-0.15, -0.1) is 0 Å². The summed E-state index contributed by atoms with van der Waals surface area (Å²) in [5.41, 5.74) is 9.38. The van der Waals surface area contributed by atoms with Gasteiger partial charge in [0.15, 0.2) is 5.58 Å². The van der Waals surface area contributed by atoms with Crippen LogP contribution in [0.5, 0.6) is 5.75 Å². The topological polar surface area (TPSA) is 68.9 Å². The predicted molar refractivity (Wildman–Crippen MR) is 123 cm³/mol. The molecule has 0 aliphatic heterocycles. The maximum absolute atomic E-state index is 6.30. The van der Waals surface area contributed by atoms with Crippen molar-refractivity contribution < 1.29 is 9.15 Å². The Hall–Kier alpha value is -2.83. The van der Waals surface area contributed by atoms with Crippen molar-refractivity contribution in [1.29, 1.82) is 0 Å². The Morgan fingerprint density at radius 2 is 1.80 bits per heavy atom. The first kappa shape index (κ1) is 20.4. The van der Waals surface area contributed by atoms with Crippen molar-refractivity contribution in [3.8, 4) is 5.75 Å². The average molecular weight is 407 g/mol. The Morgan fingerprint density at radius 1 is 1.03 bits per heavy atom. The Kier molecular flexibility index (Phi) is 6.06. The highest BCUT2D eigenvalue weighted by Gasteiger charge is 2.17. The number of hydrogen-bond donors (Lipinski definition) is 1. The zero-order valence-electron chi connectivity index (χ0n) is 18.0. The predicted octanol–water partition coefficient (Wildman–Crippen LogP) is 3.66. The first-order valence-electron chi connectivity index (χ1n) is 10.5. The second kappa shape index (κ2) is 8.90. The second-order valence-electron chi connectivity index (χ2n) is 7.72. The lowest BCUT2D eigenvalue weighted by molar-refractivity contribution is 0.328. The number of nitrogens with two attached hydrogens (primary N) is 1. The summed E-state index contributed by atoms with van der Waals surface area (Å²) in [6.45, 7) is 3.48. The van der Waals surface area contributed by atoms with Crippen LogP contribution in [0.15, 0.2) is 51.9 Å². The fourth-order valence-electron chi connectivity index (χ4n) is 4.15. The lowest BCUT2D eigenvalue weighted by Gasteiger charge is -2.15. The first-order valence-corrected chi connectivity index (χ1v) is 10.5. The second-order valence-corrected chi connectivity index (χ2v) is 7.72. The largest absolute Gasteiger partial charge is 0.495 e. The molecule has 2 aromatic carbocycles. The van der Waals surface area contributed by atoms with E-state index in [0.717, 1.165) is 83.1 Å². The van der Waals surface area contributed by atoms with Gasteiger partial charge in [0.1, 0.15) is 16.7 Å². The lowest BCUT2D eigenvalue weighted by Crippen LogP contribution is -2.23. The van der Waals surface area contributed by atoms with Crippen LogP contribution in [0, 0.1) is 0 Å². The van der Waals surface area contributed by atoms with E-state index in [0.29, 0.717) is 0 Å². The number of fused-ring (bicyclic) bond motifs is 4. The monoisotopic (exact) mass is 406 g/mol. The number of pyridine rings is 1. The summed E-state index contributed by atoms with van der Waals surface area (Å²) in [4.78, 5) is 7.32. The number of ether oxygens (including phenoxy) is 1. The van der Waals surface area contributed by atoms with Crippen molar-refractivity contribution in [3.63, 3.8) is 0 Å². The van der Waals surface area contributed by atoms with Gasteiger partial charge >= 0.3 is 0 Å². The molecule has 0 aliphatic carbocycles. The van der Waals surface area contributed by atoms with Crippen molar-refractivity contribution in [3.05, 3.63) is 47.8 Å². The van der Waals surface area contributed by atoms with Crippen LogP contribution in [0.3, 0.4) is 0 Å². The van der Waals surface area contributed by atoms with Gasteiger partial charge < -0.3 is 24.4 Å². The summed E-state index contributed by atoms with van der Waals surface area (Å²) in [5.74, 6) is 0.833. The minimum absolute atomic E-state index is 0.730. The zero-order chi connectivity index (χ0) is 21.1. The van der Waals surface area contributed by atoms with Crippen LogP contribution in [-0.4, -0.2) is 49.8 Å². The molecule has 158 valence electrons. The molecular weight excluding hydrogens is 376 g/mol. The number of methoxy groups -OCH3 is 1. The summed E-state index contributed by atoms with van der Waals surface area (Å²) in [6.07, 6.45) is 2.00. The third kappa shape index (κ3) is 3.68. The Balaban J connectivity index is 1.85. The molecule has 2 N–H and O–H groups in total. The number of benzene rings is 2. The summed E-state index contributed by atoms with van der Waals surface area (Å²) in [5, 5.41) is 3.03. The summed E-state index contributed by atoms with van der Waals surface area (Å²) in [7, 11) is 5.90. The number of aromatic nitrogens is 1. The van der Waals surface area contributed by atoms with Gasteiger partial charge in [-0.3, -0.25) is 4.99 Å². The van der Waals surface area contributed by atoms with Gasteiger partial charge in [-0.2, -0.15) is 0 Å². The van der Waals surface area contributed by atoms with Gasteiger partial charge in [-0.05, 0) is 57.7 Å². The molecule has 0 fully saturated rings. The molecule has 4 aromatic rings. The van der Waals surface area contributed by atoms with E-state index in [9.17, 15) is 0 Å². The van der Waals surface area contributed by atoms with Gasteiger partial charge in [-0.25, -0.2) is 0 Å². The SMILES string of the molecule is COc1cccc2c(=NCCCN(C)CCCN)c3oc4ccccc4c3n(C)c12. The normalized spacial score (nSPS) is 12.6. The number of aryl methyl sites for hydroxylation is 1. The van der Waals surface area contributed by atoms with Crippen molar-refractivity contribution in [1.82, 2.24) is 9.47 Å². The smallest absolute Gasteiger partial charge is 0.177 e. The van der Waals surface area contributed by atoms with E-state index in [1.807, 2.05) is 30.3 Å². The highest BCUT2D eigenvalue weighted by molar-refractivity contribution is 6.07. The average Bonchev–Trinajstić information content (AvgIpc) is 3.16. The molecule has 0 spiro atoms. The van der Waals surface area contributed by atoms with Gasteiger partial charge in [0.25, 0.3) is 0 Å². The summed E-state index contributed by atoms with van der Waals surface area (Å²) >= 11 is 0. The minimum Gasteiger partial charge on any atom is -0.495 e. The molecule has 0 unspecified atom stereocenters. The molecule has 2 heterocycles. The van der Waals surface area contributed by atoms with E-state index >= 15 is 0 Å². The standard InChI is InChI=1S/C24H30N4O2/c1-27(15-7-13-25)16-8-14-26-21-18-10-6-12-20(29-3)22(18)28(2)23-17-9-4-5-11-19(17)30-24(21)23/h4-6,9-12H,7-8,13-16,25H2,1-3H3. The Bertz CT molecular complexity index is 1240. The molecule has 30 heavy (non-hydrogen) atoms. The van der Waals surface area contributed by atoms with Crippen LogP contribution < -0.4 is 15.8 Å². The minimum atomic E-state index is 0.730. The van der Waals surface area contributed by atoms with Crippen LogP contribution in [0.2, 0.25) is 0 Å². The number of rotatable bonds is 8. The molecule has 0 atom stereocenters. The number of para-hydroxylation sites is 2. The Morgan fingerprint density at radius 3 is 2.60 bits per heavy atom. The van der Waals surface area contributed by atoms with Gasteiger partial charge in [0, 0.05) is 24.4 Å². The van der Waals surface area contributed by atoms with Crippen molar-refractivity contribution in [2.75, 3.05) is 40.3 Å². The van der Waals surface area contributed by atoms with Crippen LogP contribution in [0.25, 0.3) is 33.0 Å². The fourth-order valence-corrected chi connectivity index (χ4v) is 4.15. The van der Waals surface area contributed by atoms with E-state index in [4.69, 9.17) is 19.9 Å². The molecule has 6 heteroatoms. The molecule has 0 saturated heterocycles. The van der Waals surface area contributed by atoms with E-state index in [-0.39, 0.29) is 0 Å². The van der Waals surface area contributed by atoms with Gasteiger partial charge in [0.05, 0.1) is 18.1 Å². The summed E-state index contributed by atoms with van der Waals surface area (Å²) in [6, 6.07) is 14.2. The molecule has 2 aromatic heterocycles. The number of nitrogens with zero attached hydrogens (tertiary/aromatic N) is 3. The third-order valence-electron chi connectivity index (χ3n) is 5.64.